The van der Waals surface area contributed by atoms with Gasteiger partial charge in [-0.25, -0.2) is 13.4 Å². The van der Waals surface area contributed by atoms with Gasteiger partial charge in [-0.3, -0.25) is 4.90 Å². The number of aromatic nitrogens is 2. The number of nitrogens with two attached hydrogens (primary N) is 1. The summed E-state index contributed by atoms with van der Waals surface area (Å²) in [6.45, 7) is 2.90. The summed E-state index contributed by atoms with van der Waals surface area (Å²) in [4.78, 5) is 5.89. The number of aliphatic hydroxyl groups is 1. The van der Waals surface area contributed by atoms with Gasteiger partial charge in [-0.1, -0.05) is 0 Å². The lowest BCUT2D eigenvalue weighted by molar-refractivity contribution is 0.202. The Morgan fingerprint density at radius 3 is 2.70 bits per heavy atom. The lowest BCUT2D eigenvalue weighted by atomic mass is 10.4. The standard InChI is InChI=1S/C11H21N5O3S/c1-14-9-13-10(12)11(14)20(18,19)16-4-2-3-15(5-6-16)7-8-17/h9,17H,2-8,12H2,1H3. The highest BCUT2D eigenvalue weighted by molar-refractivity contribution is 7.89. The van der Waals surface area contributed by atoms with Crippen LogP contribution in [0.15, 0.2) is 11.4 Å². The Labute approximate surface area is 118 Å². The molecule has 1 aromatic rings. The van der Waals surface area contributed by atoms with E-state index < -0.39 is 10.0 Å². The second-order valence-corrected chi connectivity index (χ2v) is 6.72. The van der Waals surface area contributed by atoms with E-state index in [9.17, 15) is 8.42 Å². The third kappa shape index (κ3) is 2.95. The van der Waals surface area contributed by atoms with Crippen LogP contribution in [-0.4, -0.2) is 71.6 Å². The van der Waals surface area contributed by atoms with Gasteiger partial charge in [0.2, 0.25) is 0 Å². The number of anilines is 1. The fourth-order valence-electron chi connectivity index (χ4n) is 2.43. The molecule has 1 saturated heterocycles. The molecule has 0 atom stereocenters. The second-order valence-electron chi connectivity index (χ2n) is 4.87. The molecule has 0 saturated carbocycles. The number of rotatable bonds is 4. The first-order valence-corrected chi connectivity index (χ1v) is 8.01. The van der Waals surface area contributed by atoms with Crippen molar-refractivity contribution in [1.82, 2.24) is 18.8 Å². The number of β-amino-alcohol motifs (C(OH)–C–C–N with tert-alkyl or cyclic N) is 1. The lowest BCUT2D eigenvalue weighted by Crippen LogP contribution is -2.36. The first kappa shape index (κ1) is 15.2. The Bertz CT molecular complexity index is 537. The van der Waals surface area contributed by atoms with Crippen LogP contribution < -0.4 is 5.73 Å². The minimum Gasteiger partial charge on any atom is -0.395 e. The van der Waals surface area contributed by atoms with E-state index in [2.05, 4.69) is 9.88 Å². The monoisotopic (exact) mass is 303 g/mol. The van der Waals surface area contributed by atoms with E-state index >= 15 is 0 Å². The van der Waals surface area contributed by atoms with E-state index in [-0.39, 0.29) is 17.5 Å². The molecule has 114 valence electrons. The molecule has 8 nitrogen and oxygen atoms in total. The number of imidazole rings is 1. The molecule has 0 amide bonds. The quantitative estimate of drug-likeness (QED) is 0.716. The Kier molecular flexibility index (Phi) is 4.63. The van der Waals surface area contributed by atoms with E-state index in [1.807, 2.05) is 0 Å². The molecule has 3 N–H and O–H groups in total. The first-order chi connectivity index (χ1) is 9.46. The zero-order chi connectivity index (χ0) is 14.8. The van der Waals surface area contributed by atoms with Crippen molar-refractivity contribution in [2.75, 3.05) is 45.1 Å². The highest BCUT2D eigenvalue weighted by Crippen LogP contribution is 2.21. The molecule has 20 heavy (non-hydrogen) atoms. The summed E-state index contributed by atoms with van der Waals surface area (Å²) in [6, 6.07) is 0. The van der Waals surface area contributed by atoms with Gasteiger partial charge in [-0.05, 0) is 13.0 Å². The minimum absolute atomic E-state index is 0.0314. The molecule has 0 aliphatic carbocycles. The fourth-order valence-corrected chi connectivity index (χ4v) is 4.09. The van der Waals surface area contributed by atoms with E-state index in [0.717, 1.165) is 13.0 Å². The van der Waals surface area contributed by atoms with Crippen LogP contribution in [0.3, 0.4) is 0 Å². The first-order valence-electron chi connectivity index (χ1n) is 6.57. The molecule has 2 rings (SSSR count). The number of hydrogen-bond acceptors (Lipinski definition) is 6. The topological polar surface area (TPSA) is 105 Å². The maximum absolute atomic E-state index is 12.6. The summed E-state index contributed by atoms with van der Waals surface area (Å²) in [6.07, 6.45) is 2.13. The summed E-state index contributed by atoms with van der Waals surface area (Å²) >= 11 is 0. The molecule has 0 aromatic carbocycles. The highest BCUT2D eigenvalue weighted by Gasteiger charge is 2.31. The molecule has 1 aliphatic heterocycles. The van der Waals surface area contributed by atoms with Crippen molar-refractivity contribution in [3.05, 3.63) is 6.33 Å². The maximum atomic E-state index is 12.6. The number of nitrogens with zero attached hydrogens (tertiary/aromatic N) is 4. The average Bonchev–Trinajstić information content (AvgIpc) is 2.62. The number of aryl methyl sites for hydroxylation is 1. The minimum atomic E-state index is -3.62. The lowest BCUT2D eigenvalue weighted by Gasteiger charge is -2.21. The van der Waals surface area contributed by atoms with Gasteiger partial charge in [-0.15, -0.1) is 0 Å². The van der Waals surface area contributed by atoms with Crippen molar-refractivity contribution < 1.29 is 13.5 Å². The summed E-state index contributed by atoms with van der Waals surface area (Å²) in [5.41, 5.74) is 5.67. The summed E-state index contributed by atoms with van der Waals surface area (Å²) < 4.78 is 28.1. The molecule has 9 heteroatoms. The average molecular weight is 303 g/mol. The summed E-state index contributed by atoms with van der Waals surface area (Å²) in [5, 5.41) is 9.01. The van der Waals surface area contributed by atoms with E-state index in [1.54, 1.807) is 7.05 Å². The van der Waals surface area contributed by atoms with Gasteiger partial charge in [0.1, 0.15) is 0 Å². The molecule has 0 radical (unpaired) electrons. The van der Waals surface area contributed by atoms with Crippen LogP contribution in [0, 0.1) is 0 Å². The smallest absolute Gasteiger partial charge is 0.262 e. The molecule has 1 aliphatic rings. The van der Waals surface area contributed by atoms with Crippen LogP contribution >= 0.6 is 0 Å². The van der Waals surface area contributed by atoms with Gasteiger partial charge in [0, 0.05) is 33.2 Å². The van der Waals surface area contributed by atoms with Crippen LogP contribution in [0.5, 0.6) is 0 Å². The van der Waals surface area contributed by atoms with Gasteiger partial charge in [-0.2, -0.15) is 4.31 Å². The largest absolute Gasteiger partial charge is 0.395 e. The second kappa shape index (κ2) is 6.08. The predicted molar refractivity (Wildman–Crippen MR) is 74.5 cm³/mol. The van der Waals surface area contributed by atoms with Crippen LogP contribution in [-0.2, 0) is 17.1 Å². The molecule has 2 heterocycles. The van der Waals surface area contributed by atoms with Crippen LogP contribution in [0.2, 0.25) is 0 Å². The third-order valence-corrected chi connectivity index (χ3v) is 5.49. The molecule has 0 spiro atoms. The Balaban J connectivity index is 2.18. The van der Waals surface area contributed by atoms with Gasteiger partial charge in [0.05, 0.1) is 12.9 Å². The Morgan fingerprint density at radius 2 is 2.10 bits per heavy atom. The number of nitrogen functional groups attached to an aromatic ring is 1. The fraction of sp³-hybridized carbons (Fsp3) is 0.727. The van der Waals surface area contributed by atoms with Gasteiger partial charge in [0.15, 0.2) is 10.8 Å². The zero-order valence-electron chi connectivity index (χ0n) is 11.6. The molecular formula is C11H21N5O3S. The zero-order valence-corrected chi connectivity index (χ0v) is 12.4. The number of hydrogen-bond donors (Lipinski definition) is 2. The van der Waals surface area contributed by atoms with Crippen molar-refractivity contribution in [3.63, 3.8) is 0 Å². The summed E-state index contributed by atoms with van der Waals surface area (Å²) in [5.74, 6) is 0.0314. The number of sulfonamides is 1. The summed E-state index contributed by atoms with van der Waals surface area (Å²) in [7, 11) is -2.00. The molecule has 1 fully saturated rings. The van der Waals surface area contributed by atoms with Crippen molar-refractivity contribution in [2.45, 2.75) is 11.4 Å². The van der Waals surface area contributed by atoms with Crippen LogP contribution in [0.4, 0.5) is 5.82 Å². The van der Waals surface area contributed by atoms with Gasteiger partial charge < -0.3 is 15.4 Å². The SMILES string of the molecule is Cn1cnc(N)c1S(=O)(=O)N1CCCN(CCO)CC1. The van der Waals surface area contributed by atoms with E-state index in [1.165, 1.54) is 15.2 Å². The molecule has 0 bridgehead atoms. The Morgan fingerprint density at radius 1 is 1.35 bits per heavy atom. The van der Waals surface area contributed by atoms with Gasteiger partial charge >= 0.3 is 0 Å². The van der Waals surface area contributed by atoms with Crippen molar-refractivity contribution in [2.24, 2.45) is 7.05 Å². The van der Waals surface area contributed by atoms with Crippen molar-refractivity contribution in [1.29, 1.82) is 0 Å². The normalized spacial score (nSPS) is 19.1. The van der Waals surface area contributed by atoms with Gasteiger partial charge in [0.25, 0.3) is 10.0 Å². The van der Waals surface area contributed by atoms with Crippen molar-refractivity contribution >= 4 is 15.8 Å². The molecular weight excluding hydrogens is 282 g/mol. The number of aliphatic hydroxyl groups excluding tert-OH is 1. The van der Waals surface area contributed by atoms with Crippen molar-refractivity contribution in [3.8, 4) is 0 Å². The van der Waals surface area contributed by atoms with Crippen LogP contribution in [0.25, 0.3) is 0 Å². The Hall–Kier alpha value is -1.16. The van der Waals surface area contributed by atoms with E-state index in [0.29, 0.717) is 26.2 Å². The predicted octanol–water partition coefficient (Wildman–Crippen LogP) is -1.31. The maximum Gasteiger partial charge on any atom is 0.262 e. The molecule has 0 unspecified atom stereocenters. The third-order valence-electron chi connectivity index (χ3n) is 3.46. The molecule has 1 aromatic heterocycles. The van der Waals surface area contributed by atoms with E-state index in [4.69, 9.17) is 10.8 Å². The highest BCUT2D eigenvalue weighted by atomic mass is 32.2. The van der Waals surface area contributed by atoms with Crippen LogP contribution in [0.1, 0.15) is 6.42 Å².